The number of rotatable bonds is 1. The van der Waals surface area contributed by atoms with Crippen molar-refractivity contribution in [2.75, 3.05) is 5.32 Å². The van der Waals surface area contributed by atoms with Gasteiger partial charge < -0.3 is 10.3 Å². The lowest BCUT2D eigenvalue weighted by Crippen LogP contribution is -2.08. The third-order valence-corrected chi connectivity index (χ3v) is 2.12. The highest BCUT2D eigenvalue weighted by Gasteiger charge is 2.03. The number of amides is 1. The van der Waals surface area contributed by atoms with Crippen LogP contribution in [0.3, 0.4) is 0 Å². The Bertz CT molecular complexity index is 576. The van der Waals surface area contributed by atoms with Gasteiger partial charge in [0, 0.05) is 12.3 Å². The van der Waals surface area contributed by atoms with Crippen molar-refractivity contribution in [1.29, 1.82) is 0 Å². The Kier molecular flexibility index (Phi) is 2.47. The van der Waals surface area contributed by atoms with Crippen LogP contribution in [0.4, 0.5) is 5.82 Å². The van der Waals surface area contributed by atoms with Gasteiger partial charge in [-0.05, 0) is 24.4 Å². The first-order valence-corrected chi connectivity index (χ1v) is 4.84. The van der Waals surface area contributed by atoms with E-state index in [2.05, 4.69) is 15.3 Å². The number of para-hydroxylation sites is 1. The fourth-order valence-corrected chi connectivity index (χ4v) is 1.57. The third-order valence-electron chi connectivity index (χ3n) is 1.93. The molecule has 0 saturated carbocycles. The molecule has 0 fully saturated rings. The molecule has 0 spiro atoms. The lowest BCUT2D eigenvalue weighted by atomic mass is 10.2. The standard InChI is InChI=1S/C10H9N3OS/c1-6(14)11-9-7-4-2-3-5-8(7)12-10(15)13-9/h2-5H,1H3,(H2,11,12,13,14,15). The third kappa shape index (κ3) is 2.02. The van der Waals surface area contributed by atoms with Gasteiger partial charge in [-0.3, -0.25) is 4.79 Å². The number of aromatic amines is 1. The number of nitrogens with zero attached hydrogens (tertiary/aromatic N) is 1. The smallest absolute Gasteiger partial charge is 0.222 e. The van der Waals surface area contributed by atoms with Crippen LogP contribution in [-0.4, -0.2) is 15.9 Å². The fraction of sp³-hybridized carbons (Fsp3) is 0.100. The number of anilines is 1. The van der Waals surface area contributed by atoms with Gasteiger partial charge in [0.05, 0.1) is 5.52 Å². The Morgan fingerprint density at radius 3 is 2.93 bits per heavy atom. The second kappa shape index (κ2) is 3.78. The second-order valence-electron chi connectivity index (χ2n) is 3.12. The summed E-state index contributed by atoms with van der Waals surface area (Å²) in [5.74, 6) is 0.343. The zero-order valence-electron chi connectivity index (χ0n) is 8.07. The average Bonchev–Trinajstić information content (AvgIpc) is 2.16. The first-order valence-electron chi connectivity index (χ1n) is 4.43. The van der Waals surface area contributed by atoms with E-state index in [-0.39, 0.29) is 5.91 Å². The molecule has 2 aromatic rings. The van der Waals surface area contributed by atoms with Crippen LogP contribution in [0, 0.1) is 4.77 Å². The molecule has 2 N–H and O–H groups in total. The minimum absolute atomic E-state index is 0.159. The van der Waals surface area contributed by atoms with Crippen molar-refractivity contribution < 1.29 is 4.79 Å². The molecule has 15 heavy (non-hydrogen) atoms. The van der Waals surface area contributed by atoms with Crippen LogP contribution in [0.1, 0.15) is 6.92 Å². The van der Waals surface area contributed by atoms with Crippen LogP contribution in [0.2, 0.25) is 0 Å². The van der Waals surface area contributed by atoms with Gasteiger partial charge in [-0.2, -0.15) is 0 Å². The number of fused-ring (bicyclic) bond motifs is 1. The van der Waals surface area contributed by atoms with Gasteiger partial charge in [-0.25, -0.2) is 4.98 Å². The van der Waals surface area contributed by atoms with Gasteiger partial charge in [0.2, 0.25) is 5.91 Å². The molecule has 2 rings (SSSR count). The van der Waals surface area contributed by atoms with E-state index >= 15 is 0 Å². The normalized spacial score (nSPS) is 10.2. The lowest BCUT2D eigenvalue weighted by molar-refractivity contribution is -0.114. The molecule has 1 heterocycles. The molecule has 5 heteroatoms. The summed E-state index contributed by atoms with van der Waals surface area (Å²) in [5.41, 5.74) is 0.862. The fourth-order valence-electron chi connectivity index (χ4n) is 1.37. The molecule has 76 valence electrons. The van der Waals surface area contributed by atoms with E-state index in [1.807, 2.05) is 24.3 Å². The molecule has 4 nitrogen and oxygen atoms in total. The highest BCUT2D eigenvalue weighted by molar-refractivity contribution is 7.71. The Morgan fingerprint density at radius 1 is 1.47 bits per heavy atom. The molecule has 0 saturated heterocycles. The van der Waals surface area contributed by atoms with E-state index in [1.54, 1.807) is 0 Å². The van der Waals surface area contributed by atoms with Crippen LogP contribution < -0.4 is 5.32 Å². The van der Waals surface area contributed by atoms with E-state index < -0.39 is 0 Å². The predicted octanol–water partition coefficient (Wildman–Crippen LogP) is 2.25. The van der Waals surface area contributed by atoms with Crippen molar-refractivity contribution in [2.45, 2.75) is 6.92 Å². The summed E-state index contributed by atoms with van der Waals surface area (Å²) in [4.78, 5) is 18.0. The zero-order chi connectivity index (χ0) is 10.8. The van der Waals surface area contributed by atoms with Crippen LogP contribution in [0.15, 0.2) is 24.3 Å². The molecule has 0 radical (unpaired) electrons. The minimum Gasteiger partial charge on any atom is -0.330 e. The molecule has 0 bridgehead atoms. The Morgan fingerprint density at radius 2 is 2.20 bits per heavy atom. The maximum atomic E-state index is 11.0. The van der Waals surface area contributed by atoms with E-state index in [4.69, 9.17) is 12.2 Å². The molecule has 0 aliphatic heterocycles. The highest BCUT2D eigenvalue weighted by atomic mass is 32.1. The maximum absolute atomic E-state index is 11.0. The van der Waals surface area contributed by atoms with Gasteiger partial charge in [-0.15, -0.1) is 0 Å². The Hall–Kier alpha value is -1.75. The summed E-state index contributed by atoms with van der Waals surface area (Å²) >= 11 is 4.96. The molecular formula is C10H9N3OS. The van der Waals surface area contributed by atoms with Crippen molar-refractivity contribution in [3.63, 3.8) is 0 Å². The summed E-state index contributed by atoms with van der Waals surface area (Å²) in [6.07, 6.45) is 0. The second-order valence-corrected chi connectivity index (χ2v) is 3.50. The molecule has 0 aliphatic rings. The van der Waals surface area contributed by atoms with Gasteiger partial charge in [0.25, 0.3) is 0 Å². The van der Waals surface area contributed by atoms with Crippen LogP contribution in [0.25, 0.3) is 10.9 Å². The largest absolute Gasteiger partial charge is 0.330 e. The minimum atomic E-state index is -0.159. The Balaban J connectivity index is 2.71. The molecule has 1 aromatic carbocycles. The summed E-state index contributed by atoms with van der Waals surface area (Å²) in [6, 6.07) is 7.54. The lowest BCUT2D eigenvalue weighted by Gasteiger charge is -2.05. The number of carbonyl (C=O) groups is 1. The number of hydrogen-bond acceptors (Lipinski definition) is 3. The average molecular weight is 219 g/mol. The maximum Gasteiger partial charge on any atom is 0.222 e. The van der Waals surface area contributed by atoms with Crippen molar-refractivity contribution in [3.05, 3.63) is 29.0 Å². The summed E-state index contributed by atoms with van der Waals surface area (Å²) in [6.45, 7) is 1.44. The topological polar surface area (TPSA) is 57.8 Å². The van der Waals surface area contributed by atoms with Crippen LogP contribution >= 0.6 is 12.2 Å². The number of aromatic nitrogens is 2. The molecule has 0 aliphatic carbocycles. The molecule has 1 aromatic heterocycles. The first-order chi connectivity index (χ1) is 7.16. The summed E-state index contributed by atoms with van der Waals surface area (Å²) < 4.78 is 0.359. The van der Waals surface area contributed by atoms with Crippen molar-refractivity contribution in [2.24, 2.45) is 0 Å². The SMILES string of the molecule is CC(=O)Nc1nc(=S)[nH]c2ccccc12. The molecule has 0 unspecified atom stereocenters. The van der Waals surface area contributed by atoms with E-state index in [9.17, 15) is 4.79 Å². The van der Waals surface area contributed by atoms with Gasteiger partial charge in [-0.1, -0.05) is 12.1 Å². The quantitative estimate of drug-likeness (QED) is 0.723. The number of carbonyl (C=O) groups excluding carboxylic acids is 1. The monoisotopic (exact) mass is 219 g/mol. The molecular weight excluding hydrogens is 210 g/mol. The summed E-state index contributed by atoms with van der Waals surface area (Å²) in [7, 11) is 0. The van der Waals surface area contributed by atoms with Crippen molar-refractivity contribution in [3.8, 4) is 0 Å². The van der Waals surface area contributed by atoms with Gasteiger partial charge in [0.15, 0.2) is 4.77 Å². The van der Waals surface area contributed by atoms with Crippen LogP contribution in [-0.2, 0) is 4.79 Å². The van der Waals surface area contributed by atoms with E-state index in [1.165, 1.54) is 6.92 Å². The molecule has 1 amide bonds. The van der Waals surface area contributed by atoms with Gasteiger partial charge in [0.1, 0.15) is 5.82 Å². The predicted molar refractivity (Wildman–Crippen MR) is 61.2 cm³/mol. The van der Waals surface area contributed by atoms with Gasteiger partial charge >= 0.3 is 0 Å². The summed E-state index contributed by atoms with van der Waals surface area (Å²) in [5, 5.41) is 3.50. The number of hydrogen-bond donors (Lipinski definition) is 2. The van der Waals surface area contributed by atoms with Crippen molar-refractivity contribution >= 4 is 34.8 Å². The van der Waals surface area contributed by atoms with Crippen molar-refractivity contribution in [1.82, 2.24) is 9.97 Å². The zero-order valence-corrected chi connectivity index (χ0v) is 8.89. The molecule has 0 atom stereocenters. The van der Waals surface area contributed by atoms with E-state index in [0.29, 0.717) is 10.6 Å². The van der Waals surface area contributed by atoms with E-state index in [0.717, 1.165) is 10.9 Å². The first kappa shape index (κ1) is 9.79. The number of H-pyrrole nitrogens is 1. The Labute approximate surface area is 91.4 Å². The number of benzene rings is 1. The van der Waals surface area contributed by atoms with Crippen LogP contribution in [0.5, 0.6) is 0 Å². The highest BCUT2D eigenvalue weighted by Crippen LogP contribution is 2.18. The number of nitrogens with one attached hydrogen (secondary N) is 2.